The first-order valence-electron chi connectivity index (χ1n) is 5.27. The second kappa shape index (κ2) is 4.40. The van der Waals surface area contributed by atoms with Crippen molar-refractivity contribution in [2.45, 2.75) is 11.5 Å². The summed E-state index contributed by atoms with van der Waals surface area (Å²) in [7, 11) is 0. The van der Waals surface area contributed by atoms with E-state index >= 15 is 0 Å². The Morgan fingerprint density at radius 1 is 1.28 bits per heavy atom. The monoisotopic (exact) mass is 282 g/mol. The van der Waals surface area contributed by atoms with E-state index in [0.717, 1.165) is 22.8 Å². The van der Waals surface area contributed by atoms with Gasteiger partial charge < -0.3 is 5.11 Å². The molecule has 0 amide bonds. The smallest absolute Gasteiger partial charge is 0.165 e. The molecule has 1 aromatic carbocycles. The Hall–Kier alpha value is -1.33. The van der Waals surface area contributed by atoms with Gasteiger partial charge in [-0.3, -0.25) is 0 Å². The molecule has 18 heavy (non-hydrogen) atoms. The molecule has 2 aromatic rings. The van der Waals surface area contributed by atoms with E-state index in [1.54, 1.807) is 17.8 Å². The summed E-state index contributed by atoms with van der Waals surface area (Å²) in [5.74, 6) is 0.924. The highest BCUT2D eigenvalue weighted by atomic mass is 35.5. The minimum Gasteiger partial charge on any atom is -0.505 e. The Morgan fingerprint density at radius 3 is 2.89 bits per heavy atom. The minimum absolute atomic E-state index is 0.387. The van der Waals surface area contributed by atoms with Crippen molar-refractivity contribution in [3.05, 3.63) is 40.4 Å². The first kappa shape index (κ1) is 11.7. The lowest BCUT2D eigenvalue weighted by atomic mass is 10.2. The third-order valence-corrected chi connectivity index (χ3v) is 4.02. The summed E-state index contributed by atoms with van der Waals surface area (Å²) < 4.78 is 13.3. The second-order valence-electron chi connectivity index (χ2n) is 3.92. The van der Waals surface area contributed by atoms with Crippen molar-refractivity contribution < 1.29 is 9.50 Å². The van der Waals surface area contributed by atoms with Crippen LogP contribution in [0.25, 0.3) is 11.4 Å². The van der Waals surface area contributed by atoms with Gasteiger partial charge in [-0.05, 0) is 18.2 Å². The molecule has 92 valence electrons. The quantitative estimate of drug-likeness (QED) is 0.815. The number of aromatic nitrogens is 2. The SMILES string of the molecule is Oc1ccc(-c2nc(Cl)c3c(n2)CSC3)cc1F. The van der Waals surface area contributed by atoms with Crippen molar-refractivity contribution in [1.82, 2.24) is 9.97 Å². The number of fused-ring (bicyclic) bond motifs is 1. The zero-order valence-electron chi connectivity index (χ0n) is 9.15. The molecule has 0 atom stereocenters. The number of nitrogens with zero attached hydrogens (tertiary/aromatic N) is 2. The van der Waals surface area contributed by atoms with E-state index in [9.17, 15) is 4.39 Å². The number of phenolic OH excluding ortho intramolecular Hbond substituents is 1. The highest BCUT2D eigenvalue weighted by Gasteiger charge is 2.19. The van der Waals surface area contributed by atoms with Crippen LogP contribution >= 0.6 is 23.4 Å². The van der Waals surface area contributed by atoms with E-state index in [2.05, 4.69) is 9.97 Å². The zero-order valence-corrected chi connectivity index (χ0v) is 10.7. The Kier molecular flexibility index (Phi) is 2.87. The summed E-state index contributed by atoms with van der Waals surface area (Å²) in [5.41, 5.74) is 2.38. The number of halogens is 2. The van der Waals surface area contributed by atoms with Crippen LogP contribution in [-0.4, -0.2) is 15.1 Å². The van der Waals surface area contributed by atoms with E-state index in [-0.39, 0.29) is 5.75 Å². The summed E-state index contributed by atoms with van der Waals surface area (Å²) in [6.45, 7) is 0. The summed E-state index contributed by atoms with van der Waals surface area (Å²) in [5, 5.41) is 9.58. The standard InChI is InChI=1S/C12H8ClFN2OS/c13-11-7-4-18-5-9(7)15-12(16-11)6-1-2-10(17)8(14)3-6/h1-3,17H,4-5H2. The van der Waals surface area contributed by atoms with Gasteiger partial charge in [-0.15, -0.1) is 0 Å². The Labute approximate surface area is 112 Å². The molecule has 2 heterocycles. The molecule has 6 heteroatoms. The van der Waals surface area contributed by atoms with Crippen LogP contribution in [0.5, 0.6) is 5.75 Å². The number of thioether (sulfide) groups is 1. The largest absolute Gasteiger partial charge is 0.505 e. The van der Waals surface area contributed by atoms with Gasteiger partial charge in [0.1, 0.15) is 5.15 Å². The number of phenols is 1. The maximum Gasteiger partial charge on any atom is 0.165 e. The number of hydrogen-bond donors (Lipinski definition) is 1. The molecular weight excluding hydrogens is 275 g/mol. The second-order valence-corrected chi connectivity index (χ2v) is 5.27. The van der Waals surface area contributed by atoms with Crippen LogP contribution < -0.4 is 0 Å². The van der Waals surface area contributed by atoms with Gasteiger partial charge in [0, 0.05) is 22.6 Å². The van der Waals surface area contributed by atoms with Crippen LogP contribution in [0.1, 0.15) is 11.3 Å². The molecule has 0 bridgehead atoms. The Bertz CT molecular complexity index is 636. The molecule has 1 aromatic heterocycles. The predicted octanol–water partition coefficient (Wildman–Crippen LogP) is 3.39. The highest BCUT2D eigenvalue weighted by molar-refractivity contribution is 7.98. The van der Waals surface area contributed by atoms with E-state index in [4.69, 9.17) is 16.7 Å². The molecule has 0 unspecified atom stereocenters. The molecule has 1 N–H and O–H groups in total. The third-order valence-electron chi connectivity index (χ3n) is 2.73. The van der Waals surface area contributed by atoms with Gasteiger partial charge in [-0.25, -0.2) is 14.4 Å². The first-order valence-corrected chi connectivity index (χ1v) is 6.80. The maximum absolute atomic E-state index is 13.3. The van der Waals surface area contributed by atoms with Crippen molar-refractivity contribution in [2.75, 3.05) is 0 Å². The van der Waals surface area contributed by atoms with Crippen LogP contribution in [-0.2, 0) is 11.5 Å². The van der Waals surface area contributed by atoms with Gasteiger partial charge in [-0.1, -0.05) is 11.6 Å². The van der Waals surface area contributed by atoms with Crippen LogP contribution in [0.4, 0.5) is 4.39 Å². The van der Waals surface area contributed by atoms with Gasteiger partial charge in [0.2, 0.25) is 0 Å². The minimum atomic E-state index is -0.693. The molecule has 3 nitrogen and oxygen atoms in total. The maximum atomic E-state index is 13.3. The average Bonchev–Trinajstić information content (AvgIpc) is 2.81. The van der Waals surface area contributed by atoms with Crippen LogP contribution in [0.2, 0.25) is 5.15 Å². The lowest BCUT2D eigenvalue weighted by Gasteiger charge is -2.05. The average molecular weight is 283 g/mol. The molecular formula is C12H8ClFN2OS. The van der Waals surface area contributed by atoms with Crippen molar-refractivity contribution in [3.63, 3.8) is 0 Å². The lowest BCUT2D eigenvalue weighted by Crippen LogP contribution is -1.97. The fraction of sp³-hybridized carbons (Fsp3) is 0.167. The normalized spacial score (nSPS) is 13.7. The number of hydrogen-bond acceptors (Lipinski definition) is 4. The Balaban J connectivity index is 2.12. The van der Waals surface area contributed by atoms with Gasteiger partial charge in [0.05, 0.1) is 5.69 Å². The van der Waals surface area contributed by atoms with E-state index in [0.29, 0.717) is 16.5 Å². The fourth-order valence-electron chi connectivity index (χ4n) is 1.79. The number of benzene rings is 1. The van der Waals surface area contributed by atoms with Gasteiger partial charge in [0.15, 0.2) is 17.4 Å². The third kappa shape index (κ3) is 1.93. The van der Waals surface area contributed by atoms with Gasteiger partial charge in [-0.2, -0.15) is 11.8 Å². The molecule has 0 fully saturated rings. The van der Waals surface area contributed by atoms with Crippen LogP contribution in [0.15, 0.2) is 18.2 Å². The van der Waals surface area contributed by atoms with Crippen LogP contribution in [0, 0.1) is 5.82 Å². The molecule has 0 saturated carbocycles. The number of rotatable bonds is 1. The fourth-order valence-corrected chi connectivity index (χ4v) is 3.16. The number of aromatic hydroxyl groups is 1. The molecule has 3 rings (SSSR count). The Morgan fingerprint density at radius 2 is 2.11 bits per heavy atom. The molecule has 1 aliphatic heterocycles. The predicted molar refractivity (Wildman–Crippen MR) is 69.1 cm³/mol. The van der Waals surface area contributed by atoms with Crippen molar-refractivity contribution in [2.24, 2.45) is 0 Å². The van der Waals surface area contributed by atoms with E-state index in [1.807, 2.05) is 0 Å². The van der Waals surface area contributed by atoms with E-state index < -0.39 is 5.82 Å². The molecule has 0 spiro atoms. The summed E-state index contributed by atoms with van der Waals surface area (Å²) in [6.07, 6.45) is 0. The van der Waals surface area contributed by atoms with E-state index in [1.165, 1.54) is 12.1 Å². The summed E-state index contributed by atoms with van der Waals surface area (Å²) in [6, 6.07) is 4.05. The van der Waals surface area contributed by atoms with Crippen molar-refractivity contribution in [1.29, 1.82) is 0 Å². The zero-order chi connectivity index (χ0) is 12.7. The van der Waals surface area contributed by atoms with Gasteiger partial charge in [0.25, 0.3) is 0 Å². The molecule has 1 aliphatic rings. The highest BCUT2D eigenvalue weighted by Crippen LogP contribution is 2.34. The molecule has 0 radical (unpaired) electrons. The first-order chi connectivity index (χ1) is 8.65. The van der Waals surface area contributed by atoms with Crippen molar-refractivity contribution >= 4 is 23.4 Å². The topological polar surface area (TPSA) is 46.0 Å². The van der Waals surface area contributed by atoms with Gasteiger partial charge >= 0.3 is 0 Å². The summed E-state index contributed by atoms with van der Waals surface area (Å²) in [4.78, 5) is 8.57. The lowest BCUT2D eigenvalue weighted by molar-refractivity contribution is 0.432. The summed E-state index contributed by atoms with van der Waals surface area (Å²) >= 11 is 7.81. The van der Waals surface area contributed by atoms with Crippen LogP contribution in [0.3, 0.4) is 0 Å². The van der Waals surface area contributed by atoms with Crippen molar-refractivity contribution in [3.8, 4) is 17.1 Å². The molecule has 0 aliphatic carbocycles. The molecule has 0 saturated heterocycles.